The largest absolute Gasteiger partial charge is 0.512 e. The predicted molar refractivity (Wildman–Crippen MR) is 230 cm³/mol. The minimum absolute atomic E-state index is 0. The van der Waals surface area contributed by atoms with E-state index in [-0.39, 0.29) is 67.1 Å². The van der Waals surface area contributed by atoms with Gasteiger partial charge in [0, 0.05) is 12.8 Å². The van der Waals surface area contributed by atoms with Crippen molar-refractivity contribution in [1.29, 1.82) is 0 Å². The Bertz CT molecular complexity index is 884. The highest BCUT2D eigenvalue weighted by molar-refractivity contribution is 14.0. The predicted octanol–water partition coefficient (Wildman–Crippen LogP) is 14.6. The van der Waals surface area contributed by atoms with E-state index in [9.17, 15) is 19.5 Å². The van der Waals surface area contributed by atoms with Crippen molar-refractivity contribution in [3.05, 3.63) is 11.3 Å². The van der Waals surface area contributed by atoms with Crippen LogP contribution in [0.5, 0.6) is 0 Å². The van der Waals surface area contributed by atoms with E-state index in [0.717, 1.165) is 51.4 Å². The van der Waals surface area contributed by atoms with Crippen molar-refractivity contribution < 1.29 is 29.0 Å². The first-order valence-corrected chi connectivity index (χ1v) is 21.7. The fourth-order valence-corrected chi connectivity index (χ4v) is 7.22. The second kappa shape index (κ2) is 36.8. The van der Waals surface area contributed by atoms with Gasteiger partial charge in [0.2, 0.25) is 0 Å². The molecule has 2 aliphatic rings. The van der Waals surface area contributed by atoms with Gasteiger partial charge in [0.15, 0.2) is 5.78 Å². The number of hydrogen-bond donors (Lipinski definition) is 1. The molecule has 3 unspecified atom stereocenters. The monoisotopic (exact) mass is 849 g/mol. The lowest BCUT2D eigenvalue weighted by Crippen LogP contribution is -2.38. The summed E-state index contributed by atoms with van der Waals surface area (Å²) in [7, 11) is 0. The Balaban J connectivity index is 0. The SMILES string of the molecule is C.CCCCCCCCCCCC1CC(=O)C(CCCCCC)C(=O)O1.CCCCCCCCCCCC1CC(O)=C(CCCCCC)C(=O)O1.I. The van der Waals surface area contributed by atoms with Gasteiger partial charge in [0.05, 0.1) is 5.57 Å². The summed E-state index contributed by atoms with van der Waals surface area (Å²) in [6.07, 6.45) is 35.9. The Morgan fingerprint density at radius 3 is 1.29 bits per heavy atom. The maximum Gasteiger partial charge on any atom is 0.337 e. The van der Waals surface area contributed by atoms with Crippen molar-refractivity contribution in [1.82, 2.24) is 0 Å². The lowest BCUT2D eigenvalue weighted by molar-refractivity contribution is -0.165. The summed E-state index contributed by atoms with van der Waals surface area (Å²) in [5.41, 5.74) is 0.527. The molecule has 0 saturated carbocycles. The molecule has 0 bridgehead atoms. The Kier molecular flexibility index (Phi) is 37.5. The highest BCUT2D eigenvalue weighted by Gasteiger charge is 2.36. The van der Waals surface area contributed by atoms with E-state index < -0.39 is 5.92 Å². The number of hydrogen-bond acceptors (Lipinski definition) is 6. The van der Waals surface area contributed by atoms with Gasteiger partial charge < -0.3 is 14.6 Å². The Labute approximate surface area is 339 Å². The number of halogens is 1. The van der Waals surface area contributed by atoms with Crippen molar-refractivity contribution in [2.75, 3.05) is 0 Å². The summed E-state index contributed by atoms with van der Waals surface area (Å²) in [5.74, 6) is -0.603. The van der Waals surface area contributed by atoms with Crippen molar-refractivity contribution in [2.24, 2.45) is 5.92 Å². The highest BCUT2D eigenvalue weighted by atomic mass is 127. The van der Waals surface area contributed by atoms with E-state index in [2.05, 4.69) is 27.7 Å². The van der Waals surface area contributed by atoms with Crippen LogP contribution in [0, 0.1) is 5.92 Å². The van der Waals surface area contributed by atoms with Gasteiger partial charge in [0.1, 0.15) is 23.9 Å². The van der Waals surface area contributed by atoms with E-state index in [1.807, 2.05) is 0 Å². The number of ketones is 1. The molecule has 0 amide bonds. The molecular weight excluding hydrogens is 763 g/mol. The molecule has 7 heteroatoms. The number of ether oxygens (including phenoxy) is 2. The smallest absolute Gasteiger partial charge is 0.337 e. The van der Waals surface area contributed by atoms with Gasteiger partial charge in [-0.15, -0.1) is 24.0 Å². The topological polar surface area (TPSA) is 89.9 Å². The van der Waals surface area contributed by atoms with E-state index >= 15 is 0 Å². The highest BCUT2D eigenvalue weighted by Crippen LogP contribution is 2.28. The van der Waals surface area contributed by atoms with Crippen LogP contribution in [0.1, 0.15) is 241 Å². The van der Waals surface area contributed by atoms with Crippen molar-refractivity contribution in [3.8, 4) is 0 Å². The van der Waals surface area contributed by atoms with Gasteiger partial charge in [-0.05, 0) is 44.9 Å². The average Bonchev–Trinajstić information content (AvgIpc) is 3.09. The standard InChI is InChI=1S/2C22H40O3.CH4.HI/c2*1-3-5-7-9-10-11-12-13-14-16-19-18-21(23)20(22(24)25-19)17-15-8-6-4-2;;/h19,23H,3-18H2,1-2H3;19-20H,3-18H2,1-2H3;1H4;1H. The first-order valence-electron chi connectivity index (χ1n) is 21.7. The van der Waals surface area contributed by atoms with Gasteiger partial charge in [-0.25, -0.2) is 4.79 Å². The zero-order valence-corrected chi connectivity index (χ0v) is 36.1. The number of Topliss-reactive ketones (excluding diaryl/α,β-unsaturated/α-hetero) is 1. The van der Waals surface area contributed by atoms with Crippen LogP contribution >= 0.6 is 24.0 Å². The van der Waals surface area contributed by atoms with Crippen LogP contribution in [-0.4, -0.2) is 35.0 Å². The second-order valence-corrected chi connectivity index (χ2v) is 15.3. The fraction of sp³-hybridized carbons (Fsp3) is 0.889. The van der Waals surface area contributed by atoms with Crippen LogP contribution in [0.15, 0.2) is 11.3 Å². The van der Waals surface area contributed by atoms with Gasteiger partial charge in [-0.2, -0.15) is 0 Å². The van der Waals surface area contributed by atoms with Gasteiger partial charge in [0.25, 0.3) is 0 Å². The number of carbonyl (C=O) groups excluding carboxylic acids is 3. The molecule has 0 aromatic carbocycles. The van der Waals surface area contributed by atoms with Crippen molar-refractivity contribution >= 4 is 41.7 Å². The molecule has 0 aliphatic carbocycles. The molecule has 1 saturated heterocycles. The molecule has 2 rings (SSSR count). The number of aliphatic hydroxyl groups excluding tert-OH is 1. The summed E-state index contributed by atoms with van der Waals surface area (Å²) in [6, 6.07) is 0. The molecule has 6 nitrogen and oxygen atoms in total. The van der Waals surface area contributed by atoms with Crippen molar-refractivity contribution in [3.63, 3.8) is 0 Å². The zero-order chi connectivity index (χ0) is 36.7. The molecule has 1 N–H and O–H groups in total. The van der Waals surface area contributed by atoms with Crippen molar-refractivity contribution in [2.45, 2.75) is 253 Å². The molecule has 0 aromatic heterocycles. The summed E-state index contributed by atoms with van der Waals surface area (Å²) in [4.78, 5) is 36.4. The lowest BCUT2D eigenvalue weighted by atomic mass is 9.89. The zero-order valence-electron chi connectivity index (χ0n) is 33.8. The first-order chi connectivity index (χ1) is 24.4. The maximum atomic E-state index is 12.2. The number of aliphatic hydroxyl groups is 1. The second-order valence-electron chi connectivity index (χ2n) is 15.3. The van der Waals surface area contributed by atoms with E-state index in [1.165, 1.54) is 128 Å². The van der Waals surface area contributed by atoms with Gasteiger partial charge >= 0.3 is 11.9 Å². The van der Waals surface area contributed by atoms with Crippen LogP contribution < -0.4 is 0 Å². The third kappa shape index (κ3) is 26.6. The van der Waals surface area contributed by atoms with E-state index in [0.29, 0.717) is 31.3 Å². The Morgan fingerprint density at radius 2 is 0.865 bits per heavy atom. The summed E-state index contributed by atoms with van der Waals surface area (Å²) in [6.45, 7) is 8.83. The normalized spacial score (nSPS) is 18.5. The van der Waals surface area contributed by atoms with Crippen LogP contribution in [0.4, 0.5) is 0 Å². The van der Waals surface area contributed by atoms with Crippen LogP contribution in [0.3, 0.4) is 0 Å². The number of esters is 2. The van der Waals surface area contributed by atoms with Gasteiger partial charge in [-0.3, -0.25) is 9.59 Å². The molecule has 3 atom stereocenters. The molecular formula is C45H85IO6. The molecule has 0 aromatic rings. The quantitative estimate of drug-likeness (QED) is 0.0335. The minimum Gasteiger partial charge on any atom is -0.512 e. The summed E-state index contributed by atoms with van der Waals surface area (Å²) >= 11 is 0. The number of cyclic esters (lactones) is 2. The van der Waals surface area contributed by atoms with Crippen LogP contribution in [0.25, 0.3) is 0 Å². The van der Waals surface area contributed by atoms with Crippen LogP contribution in [0.2, 0.25) is 0 Å². The summed E-state index contributed by atoms with van der Waals surface area (Å²) in [5, 5.41) is 10.2. The molecule has 2 heterocycles. The van der Waals surface area contributed by atoms with E-state index in [4.69, 9.17) is 9.47 Å². The third-order valence-corrected chi connectivity index (χ3v) is 10.6. The fourth-order valence-electron chi connectivity index (χ4n) is 7.22. The molecule has 0 radical (unpaired) electrons. The third-order valence-electron chi connectivity index (χ3n) is 10.6. The molecule has 0 spiro atoms. The Hall–Kier alpha value is -1.12. The number of carbonyl (C=O) groups is 3. The lowest BCUT2D eigenvalue weighted by Gasteiger charge is -2.27. The number of unbranched alkanes of at least 4 members (excludes halogenated alkanes) is 22. The first kappa shape index (κ1) is 53.0. The maximum absolute atomic E-state index is 12.2. The molecule has 2 aliphatic heterocycles. The average molecular weight is 849 g/mol. The van der Waals surface area contributed by atoms with E-state index in [1.54, 1.807) is 0 Å². The van der Waals surface area contributed by atoms with Crippen LogP contribution in [-0.2, 0) is 23.9 Å². The molecule has 308 valence electrons. The molecule has 52 heavy (non-hydrogen) atoms. The Morgan fingerprint density at radius 1 is 0.500 bits per heavy atom. The molecule has 1 fully saturated rings. The summed E-state index contributed by atoms with van der Waals surface area (Å²) < 4.78 is 11.1. The number of rotatable bonds is 30. The minimum atomic E-state index is -0.476. The van der Waals surface area contributed by atoms with Gasteiger partial charge in [-0.1, -0.05) is 183 Å².